The number of para-hydroxylation sites is 1. The van der Waals surface area contributed by atoms with Gasteiger partial charge < -0.3 is 10.1 Å². The van der Waals surface area contributed by atoms with Gasteiger partial charge in [-0.2, -0.15) is 4.31 Å². The van der Waals surface area contributed by atoms with Crippen LogP contribution < -0.4 is 10.1 Å². The maximum absolute atomic E-state index is 13.6. The summed E-state index contributed by atoms with van der Waals surface area (Å²) in [7, 11) is -2.07. The SMILES string of the molecule is COc1ccc(CN(CCC(=O)Nc2c(F)cccc2F)S(C)(=O)=O)cc1. The number of sulfonamides is 1. The van der Waals surface area contributed by atoms with E-state index in [-0.39, 0.29) is 19.5 Å². The number of carbonyl (C=O) groups is 1. The van der Waals surface area contributed by atoms with Crippen molar-refractivity contribution in [1.29, 1.82) is 0 Å². The second-order valence-corrected chi connectivity index (χ2v) is 7.82. The average molecular weight is 398 g/mol. The van der Waals surface area contributed by atoms with Crippen LogP contribution in [0, 0.1) is 11.6 Å². The molecule has 146 valence electrons. The largest absolute Gasteiger partial charge is 0.497 e. The zero-order valence-electron chi connectivity index (χ0n) is 14.9. The van der Waals surface area contributed by atoms with Crippen LogP contribution in [0.4, 0.5) is 14.5 Å². The second-order valence-electron chi connectivity index (χ2n) is 5.84. The summed E-state index contributed by atoms with van der Waals surface area (Å²) < 4.78 is 57.3. The quantitative estimate of drug-likeness (QED) is 0.742. The van der Waals surface area contributed by atoms with E-state index >= 15 is 0 Å². The molecule has 0 saturated heterocycles. The van der Waals surface area contributed by atoms with Crippen LogP contribution in [-0.4, -0.2) is 38.5 Å². The number of methoxy groups -OCH3 is 1. The third kappa shape index (κ3) is 6.00. The molecule has 0 aliphatic rings. The minimum Gasteiger partial charge on any atom is -0.497 e. The third-order valence-corrected chi connectivity index (χ3v) is 5.05. The molecule has 1 amide bonds. The van der Waals surface area contributed by atoms with Crippen molar-refractivity contribution in [3.63, 3.8) is 0 Å². The van der Waals surface area contributed by atoms with E-state index in [9.17, 15) is 22.0 Å². The topological polar surface area (TPSA) is 75.7 Å². The summed E-state index contributed by atoms with van der Waals surface area (Å²) in [5.74, 6) is -1.86. The molecule has 2 aromatic carbocycles. The van der Waals surface area contributed by atoms with E-state index in [2.05, 4.69) is 5.32 Å². The Hall–Kier alpha value is -2.52. The molecule has 27 heavy (non-hydrogen) atoms. The highest BCUT2D eigenvalue weighted by atomic mass is 32.2. The van der Waals surface area contributed by atoms with Crippen molar-refractivity contribution in [3.05, 3.63) is 59.7 Å². The molecule has 0 saturated carbocycles. The molecule has 9 heteroatoms. The molecule has 6 nitrogen and oxygen atoms in total. The predicted molar refractivity (Wildman–Crippen MR) is 97.9 cm³/mol. The lowest BCUT2D eigenvalue weighted by Crippen LogP contribution is -2.32. The van der Waals surface area contributed by atoms with Gasteiger partial charge in [0.05, 0.1) is 13.4 Å². The van der Waals surface area contributed by atoms with Gasteiger partial charge in [0.1, 0.15) is 23.1 Å². The lowest BCUT2D eigenvalue weighted by Gasteiger charge is -2.20. The van der Waals surface area contributed by atoms with Crippen LogP contribution in [0.25, 0.3) is 0 Å². The maximum atomic E-state index is 13.6. The van der Waals surface area contributed by atoms with Gasteiger partial charge in [0.25, 0.3) is 0 Å². The number of rotatable bonds is 8. The molecular weight excluding hydrogens is 378 g/mol. The Morgan fingerprint density at radius 1 is 1.11 bits per heavy atom. The first kappa shape index (κ1) is 20.8. The number of nitrogens with one attached hydrogen (secondary N) is 1. The van der Waals surface area contributed by atoms with Crippen molar-refractivity contribution in [3.8, 4) is 5.75 Å². The minimum atomic E-state index is -3.59. The van der Waals surface area contributed by atoms with Crippen molar-refractivity contribution >= 4 is 21.6 Å². The molecular formula is C18H20F2N2O4S. The number of halogens is 2. The molecule has 2 aromatic rings. The summed E-state index contributed by atoms with van der Waals surface area (Å²) in [6.45, 7) is -0.0725. The first-order chi connectivity index (χ1) is 12.7. The standard InChI is InChI=1S/C18H20F2N2O4S/c1-26-14-8-6-13(7-9-14)12-22(27(2,24)25)11-10-17(23)21-18-15(19)4-3-5-16(18)20/h3-9H,10-12H2,1-2H3,(H,21,23). The molecule has 0 heterocycles. The molecule has 0 atom stereocenters. The van der Waals surface area contributed by atoms with Crippen LogP contribution in [0.5, 0.6) is 5.75 Å². The van der Waals surface area contributed by atoms with Crippen LogP contribution >= 0.6 is 0 Å². The Morgan fingerprint density at radius 3 is 2.22 bits per heavy atom. The molecule has 0 unspecified atom stereocenters. The lowest BCUT2D eigenvalue weighted by atomic mass is 10.2. The van der Waals surface area contributed by atoms with Gasteiger partial charge in [-0.3, -0.25) is 4.79 Å². The van der Waals surface area contributed by atoms with Gasteiger partial charge in [-0.25, -0.2) is 17.2 Å². The van der Waals surface area contributed by atoms with Crippen LogP contribution in [-0.2, 0) is 21.4 Å². The lowest BCUT2D eigenvalue weighted by molar-refractivity contribution is -0.116. The Bertz CT molecular complexity index is 882. The molecule has 0 spiro atoms. The number of ether oxygens (including phenoxy) is 1. The van der Waals surface area contributed by atoms with Crippen molar-refractivity contribution in [2.75, 3.05) is 25.2 Å². The number of nitrogens with zero attached hydrogens (tertiary/aromatic N) is 1. The molecule has 2 rings (SSSR count). The van der Waals surface area contributed by atoms with Crippen LogP contribution in [0.2, 0.25) is 0 Å². The van der Waals surface area contributed by atoms with Gasteiger partial charge in [0.2, 0.25) is 15.9 Å². The van der Waals surface area contributed by atoms with Crippen molar-refractivity contribution < 1.29 is 26.7 Å². The summed E-state index contributed by atoms with van der Waals surface area (Å²) in [6.07, 6.45) is 0.780. The highest BCUT2D eigenvalue weighted by Crippen LogP contribution is 2.19. The molecule has 1 N–H and O–H groups in total. The van der Waals surface area contributed by atoms with E-state index in [4.69, 9.17) is 4.74 Å². The Morgan fingerprint density at radius 2 is 1.70 bits per heavy atom. The monoisotopic (exact) mass is 398 g/mol. The molecule has 0 fully saturated rings. The number of benzene rings is 2. The van der Waals surface area contributed by atoms with Crippen LogP contribution in [0.3, 0.4) is 0 Å². The smallest absolute Gasteiger partial charge is 0.225 e. The third-order valence-electron chi connectivity index (χ3n) is 3.80. The van der Waals surface area contributed by atoms with Crippen molar-refractivity contribution in [1.82, 2.24) is 4.31 Å². The summed E-state index contributed by atoms with van der Waals surface area (Å²) in [5.41, 5.74) is 0.158. The van der Waals surface area contributed by atoms with E-state index in [1.807, 2.05) is 0 Å². The zero-order chi connectivity index (χ0) is 20.0. The van der Waals surface area contributed by atoms with Crippen molar-refractivity contribution in [2.45, 2.75) is 13.0 Å². The summed E-state index contributed by atoms with van der Waals surface area (Å²) in [4.78, 5) is 12.0. The number of hydrogen-bond donors (Lipinski definition) is 1. The highest BCUT2D eigenvalue weighted by molar-refractivity contribution is 7.88. The number of amides is 1. The molecule has 0 radical (unpaired) electrons. The Kier molecular flexibility index (Phi) is 6.86. The Balaban J connectivity index is 2.02. The number of carbonyl (C=O) groups excluding carboxylic acids is 1. The van der Waals surface area contributed by atoms with Gasteiger partial charge in [-0.05, 0) is 29.8 Å². The predicted octanol–water partition coefficient (Wildman–Crippen LogP) is 2.76. The molecule has 0 aliphatic heterocycles. The fraction of sp³-hybridized carbons (Fsp3) is 0.278. The van der Waals surface area contributed by atoms with Crippen LogP contribution in [0.1, 0.15) is 12.0 Å². The summed E-state index contributed by atoms with van der Waals surface area (Å²) in [5, 5.41) is 2.14. The van der Waals surface area contributed by atoms with Gasteiger partial charge in [0, 0.05) is 19.5 Å². The van der Waals surface area contributed by atoms with Gasteiger partial charge in [-0.15, -0.1) is 0 Å². The zero-order valence-corrected chi connectivity index (χ0v) is 15.7. The highest BCUT2D eigenvalue weighted by Gasteiger charge is 2.19. The van der Waals surface area contributed by atoms with E-state index in [0.717, 1.165) is 22.7 Å². The van der Waals surface area contributed by atoms with E-state index in [1.165, 1.54) is 13.2 Å². The fourth-order valence-electron chi connectivity index (χ4n) is 2.34. The molecule has 0 aliphatic carbocycles. The first-order valence-corrected chi connectivity index (χ1v) is 9.87. The first-order valence-electron chi connectivity index (χ1n) is 8.02. The maximum Gasteiger partial charge on any atom is 0.225 e. The second kappa shape index (κ2) is 8.92. The summed E-state index contributed by atoms with van der Waals surface area (Å²) >= 11 is 0. The van der Waals surface area contributed by atoms with Gasteiger partial charge in [0.15, 0.2) is 0 Å². The number of anilines is 1. The molecule has 0 aromatic heterocycles. The minimum absolute atomic E-state index is 0.0597. The van der Waals surface area contributed by atoms with Crippen molar-refractivity contribution in [2.24, 2.45) is 0 Å². The number of hydrogen-bond acceptors (Lipinski definition) is 4. The van der Waals surface area contributed by atoms with E-state index < -0.39 is 33.3 Å². The average Bonchev–Trinajstić information content (AvgIpc) is 2.61. The van der Waals surface area contributed by atoms with E-state index in [0.29, 0.717) is 11.3 Å². The molecule has 0 bridgehead atoms. The van der Waals surface area contributed by atoms with Crippen LogP contribution in [0.15, 0.2) is 42.5 Å². The summed E-state index contributed by atoms with van der Waals surface area (Å²) in [6, 6.07) is 10.0. The van der Waals surface area contributed by atoms with E-state index in [1.54, 1.807) is 24.3 Å². The van der Waals surface area contributed by atoms with Gasteiger partial charge in [-0.1, -0.05) is 18.2 Å². The fourth-order valence-corrected chi connectivity index (χ4v) is 3.15. The Labute approximate surface area is 156 Å². The normalized spacial score (nSPS) is 11.4. The van der Waals surface area contributed by atoms with Gasteiger partial charge >= 0.3 is 0 Å².